The van der Waals surface area contributed by atoms with Gasteiger partial charge < -0.3 is 9.26 Å². The molecule has 0 N–H and O–H groups in total. The van der Waals surface area contributed by atoms with E-state index in [9.17, 15) is 10.1 Å². The van der Waals surface area contributed by atoms with Crippen LogP contribution in [-0.4, -0.2) is 15.1 Å². The topological polar surface area (TPSA) is 115 Å². The van der Waals surface area contributed by atoms with E-state index in [1.165, 1.54) is 18.2 Å². The van der Waals surface area contributed by atoms with Gasteiger partial charge in [0.15, 0.2) is 0 Å². The molecule has 0 spiro atoms. The van der Waals surface area contributed by atoms with E-state index >= 15 is 0 Å². The second-order valence-electron chi connectivity index (χ2n) is 4.82. The van der Waals surface area contributed by atoms with Crippen LogP contribution in [-0.2, 0) is 0 Å². The zero-order chi connectivity index (χ0) is 17.1. The molecule has 0 aliphatic rings. The molecule has 2 aromatic carbocycles. The van der Waals surface area contributed by atoms with Gasteiger partial charge in [0.2, 0.25) is 17.5 Å². The van der Waals surface area contributed by atoms with Crippen molar-refractivity contribution in [2.24, 2.45) is 0 Å². The highest BCUT2D eigenvalue weighted by Gasteiger charge is 2.17. The van der Waals surface area contributed by atoms with Gasteiger partial charge in [-0.2, -0.15) is 10.2 Å². The standard InChI is InChI=1S/C16H10N4O4/c1-10-18-16(19-24-10)12-3-2-4-13(8-12)23-15-6-5-11(9-17)7-14(15)20(21)22/h2-8H,1H3. The van der Waals surface area contributed by atoms with E-state index in [2.05, 4.69) is 10.1 Å². The van der Waals surface area contributed by atoms with Gasteiger partial charge in [-0.25, -0.2) is 0 Å². The molecule has 3 rings (SSSR count). The number of rotatable bonds is 4. The lowest BCUT2D eigenvalue weighted by molar-refractivity contribution is -0.385. The number of hydrogen-bond acceptors (Lipinski definition) is 7. The number of hydrogen-bond donors (Lipinski definition) is 0. The lowest BCUT2D eigenvalue weighted by Crippen LogP contribution is -1.94. The molecule has 0 saturated heterocycles. The summed E-state index contributed by atoms with van der Waals surface area (Å²) in [7, 11) is 0. The SMILES string of the molecule is Cc1nc(-c2cccc(Oc3ccc(C#N)cc3[N+](=O)[O-])c2)no1. The number of ether oxygens (including phenoxy) is 1. The van der Waals surface area contributed by atoms with Crippen LogP contribution in [0.3, 0.4) is 0 Å². The third-order valence-electron chi connectivity index (χ3n) is 3.13. The van der Waals surface area contributed by atoms with Crippen LogP contribution in [0.5, 0.6) is 11.5 Å². The van der Waals surface area contributed by atoms with Crippen LogP contribution in [0.25, 0.3) is 11.4 Å². The summed E-state index contributed by atoms with van der Waals surface area (Å²) in [6.07, 6.45) is 0. The number of nitriles is 1. The summed E-state index contributed by atoms with van der Waals surface area (Å²) in [6.45, 7) is 1.68. The van der Waals surface area contributed by atoms with Crippen molar-refractivity contribution in [3.8, 4) is 29.0 Å². The third kappa shape index (κ3) is 3.05. The highest BCUT2D eigenvalue weighted by molar-refractivity contribution is 5.58. The second-order valence-corrected chi connectivity index (χ2v) is 4.82. The van der Waals surface area contributed by atoms with Crippen molar-refractivity contribution in [3.05, 3.63) is 64.0 Å². The highest BCUT2D eigenvalue weighted by Crippen LogP contribution is 2.33. The maximum Gasteiger partial charge on any atom is 0.312 e. The molecule has 8 nitrogen and oxygen atoms in total. The van der Waals surface area contributed by atoms with E-state index in [0.717, 1.165) is 0 Å². The Bertz CT molecular complexity index is 959. The number of benzene rings is 2. The molecule has 24 heavy (non-hydrogen) atoms. The van der Waals surface area contributed by atoms with Crippen molar-refractivity contribution in [2.45, 2.75) is 6.92 Å². The van der Waals surface area contributed by atoms with Crippen LogP contribution in [0, 0.1) is 28.4 Å². The molecule has 0 aliphatic carbocycles. The fraction of sp³-hybridized carbons (Fsp3) is 0.0625. The minimum atomic E-state index is -0.595. The summed E-state index contributed by atoms with van der Waals surface area (Å²) in [6, 6.07) is 12.7. The van der Waals surface area contributed by atoms with Crippen LogP contribution >= 0.6 is 0 Å². The smallest absolute Gasteiger partial charge is 0.312 e. The largest absolute Gasteiger partial charge is 0.450 e. The van der Waals surface area contributed by atoms with Crippen molar-refractivity contribution in [1.82, 2.24) is 10.1 Å². The molecule has 118 valence electrons. The summed E-state index contributed by atoms with van der Waals surface area (Å²) < 4.78 is 10.5. The molecule has 1 heterocycles. The molecule has 0 saturated carbocycles. The molecule has 1 aromatic heterocycles. The number of nitro groups is 1. The van der Waals surface area contributed by atoms with Gasteiger partial charge in [0.05, 0.1) is 16.6 Å². The molecule has 0 radical (unpaired) electrons. The summed E-state index contributed by atoms with van der Waals surface area (Å²) in [5, 5.41) is 23.8. The van der Waals surface area contributed by atoms with Gasteiger partial charge in [-0.15, -0.1) is 0 Å². The molecule has 0 unspecified atom stereocenters. The van der Waals surface area contributed by atoms with E-state index < -0.39 is 4.92 Å². The van der Waals surface area contributed by atoms with Crippen molar-refractivity contribution in [3.63, 3.8) is 0 Å². The molecular weight excluding hydrogens is 312 g/mol. The van der Waals surface area contributed by atoms with E-state index in [-0.39, 0.29) is 17.0 Å². The normalized spacial score (nSPS) is 10.2. The Kier molecular flexibility index (Phi) is 3.91. The summed E-state index contributed by atoms with van der Waals surface area (Å²) in [5.41, 5.74) is 0.556. The lowest BCUT2D eigenvalue weighted by Gasteiger charge is -2.07. The summed E-state index contributed by atoms with van der Waals surface area (Å²) in [4.78, 5) is 14.7. The van der Waals surface area contributed by atoms with Gasteiger partial charge in [-0.1, -0.05) is 17.3 Å². The molecule has 0 atom stereocenters. The summed E-state index contributed by atoms with van der Waals surface area (Å²) in [5.74, 6) is 1.24. The molecule has 0 bridgehead atoms. The van der Waals surface area contributed by atoms with Gasteiger partial charge in [-0.3, -0.25) is 10.1 Å². The second kappa shape index (κ2) is 6.18. The molecule has 8 heteroatoms. The van der Waals surface area contributed by atoms with Crippen LogP contribution in [0.2, 0.25) is 0 Å². The van der Waals surface area contributed by atoms with Gasteiger partial charge in [-0.05, 0) is 24.3 Å². The van der Waals surface area contributed by atoms with Gasteiger partial charge in [0.1, 0.15) is 5.75 Å². The molecular formula is C16H10N4O4. The average Bonchev–Trinajstić information content (AvgIpc) is 3.02. The molecule has 0 fully saturated rings. The Morgan fingerprint density at radius 3 is 2.79 bits per heavy atom. The van der Waals surface area contributed by atoms with Gasteiger partial charge >= 0.3 is 5.69 Å². The zero-order valence-electron chi connectivity index (χ0n) is 12.5. The van der Waals surface area contributed by atoms with Crippen molar-refractivity contribution in [1.29, 1.82) is 5.26 Å². The predicted molar refractivity (Wildman–Crippen MR) is 82.4 cm³/mol. The fourth-order valence-corrected chi connectivity index (χ4v) is 2.06. The summed E-state index contributed by atoms with van der Waals surface area (Å²) >= 11 is 0. The Morgan fingerprint density at radius 1 is 1.29 bits per heavy atom. The molecule has 3 aromatic rings. The number of nitrogens with zero attached hydrogens (tertiary/aromatic N) is 4. The van der Waals surface area contributed by atoms with Gasteiger partial charge in [0.25, 0.3) is 0 Å². The van der Waals surface area contributed by atoms with Crippen molar-refractivity contribution >= 4 is 5.69 Å². The third-order valence-corrected chi connectivity index (χ3v) is 3.13. The molecule has 0 amide bonds. The van der Waals surface area contributed by atoms with E-state index in [4.69, 9.17) is 14.5 Å². The van der Waals surface area contributed by atoms with Crippen molar-refractivity contribution in [2.75, 3.05) is 0 Å². The van der Waals surface area contributed by atoms with Crippen LogP contribution in [0.1, 0.15) is 11.5 Å². The first-order valence-corrected chi connectivity index (χ1v) is 6.84. The average molecular weight is 322 g/mol. The Morgan fingerprint density at radius 2 is 2.12 bits per heavy atom. The Labute approximate surface area is 136 Å². The first-order chi connectivity index (χ1) is 11.6. The maximum atomic E-state index is 11.2. The minimum Gasteiger partial charge on any atom is -0.450 e. The Balaban J connectivity index is 1.95. The zero-order valence-corrected chi connectivity index (χ0v) is 12.5. The fourth-order valence-electron chi connectivity index (χ4n) is 2.06. The van der Waals surface area contributed by atoms with Crippen molar-refractivity contribution < 1.29 is 14.2 Å². The first kappa shape index (κ1) is 15.2. The van der Waals surface area contributed by atoms with Gasteiger partial charge in [0, 0.05) is 18.6 Å². The maximum absolute atomic E-state index is 11.2. The lowest BCUT2D eigenvalue weighted by atomic mass is 10.2. The van der Waals surface area contributed by atoms with Crippen LogP contribution in [0.4, 0.5) is 5.69 Å². The monoisotopic (exact) mass is 322 g/mol. The predicted octanol–water partition coefficient (Wildman–Crippen LogP) is 3.62. The molecule has 0 aliphatic heterocycles. The van der Waals surface area contributed by atoms with E-state index in [1.807, 2.05) is 6.07 Å². The first-order valence-electron chi connectivity index (χ1n) is 6.84. The number of aryl methyl sites for hydroxylation is 1. The van der Waals surface area contributed by atoms with Crippen LogP contribution < -0.4 is 4.74 Å². The minimum absolute atomic E-state index is 0.0421. The number of aromatic nitrogens is 2. The van der Waals surface area contributed by atoms with Crippen LogP contribution in [0.15, 0.2) is 47.0 Å². The Hall–Kier alpha value is -3.73. The van der Waals surface area contributed by atoms with E-state index in [1.54, 1.807) is 31.2 Å². The number of nitro benzene ring substituents is 1. The quantitative estimate of drug-likeness (QED) is 0.532. The van der Waals surface area contributed by atoms with E-state index in [0.29, 0.717) is 23.0 Å². The highest BCUT2D eigenvalue weighted by atomic mass is 16.6.